The first-order valence-electron chi connectivity index (χ1n) is 9.24. The van der Waals surface area contributed by atoms with E-state index in [0.717, 1.165) is 39.4 Å². The van der Waals surface area contributed by atoms with Crippen LogP contribution in [0.25, 0.3) is 10.9 Å². The van der Waals surface area contributed by atoms with Gasteiger partial charge in [0.15, 0.2) is 0 Å². The number of aromatic nitrogens is 1. The van der Waals surface area contributed by atoms with Crippen LogP contribution >= 0.6 is 11.6 Å². The third kappa shape index (κ3) is 3.08. The van der Waals surface area contributed by atoms with E-state index in [9.17, 15) is 4.79 Å². The molecule has 27 heavy (non-hydrogen) atoms. The number of amides is 1. The number of rotatable bonds is 3. The smallest absolute Gasteiger partial charge is 0.225 e. The molecular weight excluding hydrogens is 360 g/mol. The molecule has 1 aromatic heterocycles. The molecule has 0 aliphatic carbocycles. The van der Waals surface area contributed by atoms with Gasteiger partial charge in [0.2, 0.25) is 5.91 Å². The molecule has 0 bridgehead atoms. The van der Waals surface area contributed by atoms with Crippen molar-refractivity contribution in [3.8, 4) is 5.75 Å². The number of methoxy groups -OCH3 is 1. The molecule has 1 amide bonds. The largest absolute Gasteiger partial charge is 0.497 e. The molecular formula is C22H23ClN2O2. The van der Waals surface area contributed by atoms with Crippen molar-refractivity contribution in [2.24, 2.45) is 5.92 Å². The monoisotopic (exact) mass is 382 g/mol. The highest BCUT2D eigenvalue weighted by atomic mass is 35.5. The number of hydrogen-bond acceptors (Lipinski definition) is 2. The summed E-state index contributed by atoms with van der Waals surface area (Å²) in [6, 6.07) is 13.7. The van der Waals surface area contributed by atoms with E-state index < -0.39 is 0 Å². The number of ether oxygens (including phenoxy) is 1. The molecule has 3 aromatic rings. The van der Waals surface area contributed by atoms with Gasteiger partial charge in [-0.3, -0.25) is 4.79 Å². The van der Waals surface area contributed by atoms with Crippen molar-refractivity contribution in [3.63, 3.8) is 0 Å². The molecule has 4 nitrogen and oxygen atoms in total. The standard InChI is InChI=1S/C22H23ClN2O2/c1-13(2)22(26)25-11-10-17-18-12-15(23)6-9-19(18)24-20(17)21(25)14-4-7-16(27-3)8-5-14/h4-9,12-13,21,24H,10-11H2,1-3H3. The van der Waals surface area contributed by atoms with Gasteiger partial charge in [0.1, 0.15) is 5.75 Å². The molecule has 1 unspecified atom stereocenters. The Hall–Kier alpha value is -2.46. The molecule has 0 saturated carbocycles. The molecule has 1 atom stereocenters. The number of fused-ring (bicyclic) bond motifs is 3. The Labute approximate surface area is 164 Å². The molecule has 140 valence electrons. The van der Waals surface area contributed by atoms with Crippen LogP contribution in [0.5, 0.6) is 5.75 Å². The van der Waals surface area contributed by atoms with Crippen LogP contribution in [0.4, 0.5) is 0 Å². The van der Waals surface area contributed by atoms with Crippen LogP contribution in [-0.2, 0) is 11.2 Å². The normalized spacial score (nSPS) is 16.6. The number of H-pyrrole nitrogens is 1. The van der Waals surface area contributed by atoms with Crippen molar-refractivity contribution in [3.05, 3.63) is 64.3 Å². The van der Waals surface area contributed by atoms with Crippen LogP contribution in [0.1, 0.15) is 36.7 Å². The maximum absolute atomic E-state index is 13.0. The molecule has 1 aliphatic heterocycles. The molecule has 2 aromatic carbocycles. The zero-order chi connectivity index (χ0) is 19.1. The summed E-state index contributed by atoms with van der Waals surface area (Å²) >= 11 is 6.23. The van der Waals surface area contributed by atoms with Gasteiger partial charge in [-0.05, 0) is 47.9 Å². The molecule has 1 aliphatic rings. The third-order valence-corrected chi connectivity index (χ3v) is 5.53. The average molecular weight is 383 g/mol. The van der Waals surface area contributed by atoms with E-state index in [1.165, 1.54) is 5.56 Å². The van der Waals surface area contributed by atoms with Crippen molar-refractivity contribution in [1.29, 1.82) is 0 Å². The van der Waals surface area contributed by atoms with Crippen molar-refractivity contribution >= 4 is 28.4 Å². The molecule has 5 heteroatoms. The summed E-state index contributed by atoms with van der Waals surface area (Å²) in [5, 5.41) is 1.87. The first-order chi connectivity index (χ1) is 13.0. The Morgan fingerprint density at radius 3 is 2.63 bits per heavy atom. The number of hydrogen-bond donors (Lipinski definition) is 1. The Morgan fingerprint density at radius 1 is 1.22 bits per heavy atom. The lowest BCUT2D eigenvalue weighted by Gasteiger charge is -2.37. The van der Waals surface area contributed by atoms with E-state index in [1.54, 1.807) is 7.11 Å². The number of nitrogens with one attached hydrogen (secondary N) is 1. The fraction of sp³-hybridized carbons (Fsp3) is 0.318. The highest BCUT2D eigenvalue weighted by molar-refractivity contribution is 6.31. The summed E-state index contributed by atoms with van der Waals surface area (Å²) in [7, 11) is 1.66. The van der Waals surface area contributed by atoms with Crippen molar-refractivity contribution in [2.45, 2.75) is 26.3 Å². The first kappa shape index (κ1) is 17.9. The van der Waals surface area contributed by atoms with E-state index in [-0.39, 0.29) is 17.9 Å². The second-order valence-corrected chi connectivity index (χ2v) is 7.76. The summed E-state index contributed by atoms with van der Waals surface area (Å²) in [6.45, 7) is 4.60. The third-order valence-electron chi connectivity index (χ3n) is 5.30. The predicted molar refractivity (Wildman–Crippen MR) is 108 cm³/mol. The Balaban J connectivity index is 1.88. The zero-order valence-corrected chi connectivity index (χ0v) is 16.5. The van der Waals surface area contributed by atoms with Crippen LogP contribution < -0.4 is 4.74 Å². The maximum Gasteiger partial charge on any atom is 0.225 e. The topological polar surface area (TPSA) is 45.3 Å². The van der Waals surface area contributed by atoms with E-state index in [0.29, 0.717) is 6.54 Å². The van der Waals surface area contributed by atoms with E-state index >= 15 is 0 Å². The lowest BCUT2D eigenvalue weighted by atomic mass is 9.91. The quantitative estimate of drug-likeness (QED) is 0.695. The van der Waals surface area contributed by atoms with Crippen molar-refractivity contribution < 1.29 is 9.53 Å². The van der Waals surface area contributed by atoms with Crippen LogP contribution in [0, 0.1) is 5.92 Å². The molecule has 1 N–H and O–H groups in total. The summed E-state index contributed by atoms with van der Waals surface area (Å²) in [5.41, 5.74) is 4.46. The van der Waals surface area contributed by atoms with Gasteiger partial charge in [-0.2, -0.15) is 0 Å². The summed E-state index contributed by atoms with van der Waals surface area (Å²) < 4.78 is 5.30. The Kier molecular flexibility index (Phi) is 4.60. The van der Waals surface area contributed by atoms with Crippen LogP contribution in [-0.4, -0.2) is 29.4 Å². The summed E-state index contributed by atoms with van der Waals surface area (Å²) in [6.07, 6.45) is 0.820. The van der Waals surface area contributed by atoms with Gasteiger partial charge in [0, 0.05) is 34.1 Å². The Bertz CT molecular complexity index is 991. The Morgan fingerprint density at radius 2 is 1.96 bits per heavy atom. The summed E-state index contributed by atoms with van der Waals surface area (Å²) in [5.74, 6) is 0.921. The lowest BCUT2D eigenvalue weighted by molar-refractivity contribution is -0.136. The van der Waals surface area contributed by atoms with Gasteiger partial charge in [-0.25, -0.2) is 0 Å². The van der Waals surface area contributed by atoms with Crippen molar-refractivity contribution in [1.82, 2.24) is 9.88 Å². The van der Waals surface area contributed by atoms with Gasteiger partial charge in [0.25, 0.3) is 0 Å². The number of carbonyl (C=O) groups is 1. The molecule has 0 spiro atoms. The van der Waals surface area contributed by atoms with E-state index in [1.807, 2.05) is 61.2 Å². The van der Waals surface area contributed by atoms with Crippen LogP contribution in [0.15, 0.2) is 42.5 Å². The second-order valence-electron chi connectivity index (χ2n) is 7.32. The van der Waals surface area contributed by atoms with Gasteiger partial charge in [-0.1, -0.05) is 37.6 Å². The van der Waals surface area contributed by atoms with Crippen molar-refractivity contribution in [2.75, 3.05) is 13.7 Å². The van der Waals surface area contributed by atoms with Crippen LogP contribution in [0.2, 0.25) is 5.02 Å². The SMILES string of the molecule is COc1ccc(C2c3[nH]c4ccc(Cl)cc4c3CCN2C(=O)C(C)C)cc1. The lowest BCUT2D eigenvalue weighted by Crippen LogP contribution is -2.42. The van der Waals surface area contributed by atoms with Gasteiger partial charge in [0.05, 0.1) is 13.2 Å². The zero-order valence-electron chi connectivity index (χ0n) is 15.8. The molecule has 0 radical (unpaired) electrons. The molecule has 0 fully saturated rings. The number of nitrogens with zero attached hydrogens (tertiary/aromatic N) is 1. The minimum Gasteiger partial charge on any atom is -0.497 e. The number of benzene rings is 2. The van der Waals surface area contributed by atoms with Gasteiger partial charge in [-0.15, -0.1) is 0 Å². The second kappa shape index (κ2) is 6.93. The fourth-order valence-electron chi connectivity index (χ4n) is 3.96. The van der Waals surface area contributed by atoms with Gasteiger partial charge >= 0.3 is 0 Å². The average Bonchev–Trinajstić information content (AvgIpc) is 3.04. The molecule has 0 saturated heterocycles. The maximum atomic E-state index is 13.0. The van der Waals surface area contributed by atoms with E-state index in [4.69, 9.17) is 16.3 Å². The number of halogens is 1. The highest BCUT2D eigenvalue weighted by Gasteiger charge is 2.35. The molecule has 4 rings (SSSR count). The van der Waals surface area contributed by atoms with E-state index in [2.05, 4.69) is 4.98 Å². The fourth-order valence-corrected chi connectivity index (χ4v) is 4.13. The van der Waals surface area contributed by atoms with Crippen LogP contribution in [0.3, 0.4) is 0 Å². The van der Waals surface area contributed by atoms with Gasteiger partial charge < -0.3 is 14.6 Å². The minimum atomic E-state index is -0.138. The predicted octanol–water partition coefficient (Wildman–Crippen LogP) is 4.96. The number of carbonyl (C=O) groups excluding carboxylic acids is 1. The number of aromatic amines is 1. The highest BCUT2D eigenvalue weighted by Crippen LogP contribution is 2.40. The minimum absolute atomic E-state index is 0.0499. The first-order valence-corrected chi connectivity index (χ1v) is 9.62. The molecule has 2 heterocycles. The summed E-state index contributed by atoms with van der Waals surface area (Å²) in [4.78, 5) is 18.5.